The lowest BCUT2D eigenvalue weighted by molar-refractivity contribution is -0.120. The average Bonchev–Trinajstić information content (AvgIpc) is 3.15. The van der Waals surface area contributed by atoms with Crippen molar-refractivity contribution in [2.24, 2.45) is 29.6 Å². The van der Waals surface area contributed by atoms with Crippen molar-refractivity contribution in [3.05, 3.63) is 0 Å². The molecular formula is C21H32O6. The maximum Gasteiger partial charge on any atom is 0.135 e. The van der Waals surface area contributed by atoms with Crippen molar-refractivity contribution in [3.63, 3.8) is 0 Å². The number of hydrogen-bond donors (Lipinski definition) is 0. The van der Waals surface area contributed by atoms with Crippen molar-refractivity contribution < 1.29 is 28.6 Å². The molecule has 3 aliphatic heterocycles. The number of carbonyl (C=O) groups excluding carboxylic acids is 3. The SMILES string of the molecule is CC(=O)C1C2CCOC21.CC(=O)C1C2CCOC21.CC(=O)CC1CCOC1. The van der Waals surface area contributed by atoms with Crippen molar-refractivity contribution in [1.82, 2.24) is 0 Å². The Hall–Kier alpha value is -1.11. The van der Waals surface area contributed by atoms with Gasteiger partial charge >= 0.3 is 0 Å². The summed E-state index contributed by atoms with van der Waals surface area (Å²) in [5, 5.41) is 0. The highest BCUT2D eigenvalue weighted by molar-refractivity contribution is 5.83. The summed E-state index contributed by atoms with van der Waals surface area (Å²) in [4.78, 5) is 32.0. The number of fused-ring (bicyclic) bond motifs is 2. The van der Waals surface area contributed by atoms with Crippen LogP contribution in [0.5, 0.6) is 0 Å². The van der Waals surface area contributed by atoms with E-state index in [1.807, 2.05) is 0 Å². The molecule has 3 heterocycles. The van der Waals surface area contributed by atoms with Crippen molar-refractivity contribution in [3.8, 4) is 0 Å². The van der Waals surface area contributed by atoms with Crippen LogP contribution in [0.15, 0.2) is 0 Å². The Morgan fingerprint density at radius 3 is 1.56 bits per heavy atom. The fourth-order valence-electron chi connectivity index (χ4n) is 4.72. The molecule has 0 amide bonds. The highest BCUT2D eigenvalue weighted by atomic mass is 16.5. The number of Topliss-reactive ketones (excluding diaryl/α,β-unsaturated/α-hetero) is 3. The average molecular weight is 380 g/mol. The second-order valence-corrected chi connectivity index (χ2v) is 8.48. The molecule has 0 aromatic rings. The zero-order valence-electron chi connectivity index (χ0n) is 16.6. The summed E-state index contributed by atoms with van der Waals surface area (Å²) in [6.45, 7) is 8.34. The molecule has 0 aromatic carbocycles. The monoisotopic (exact) mass is 380 g/mol. The minimum Gasteiger partial charge on any atom is -0.381 e. The molecule has 0 spiro atoms. The molecule has 5 fully saturated rings. The second-order valence-electron chi connectivity index (χ2n) is 8.48. The van der Waals surface area contributed by atoms with Crippen LogP contribution in [0, 0.1) is 29.6 Å². The molecule has 27 heavy (non-hydrogen) atoms. The Labute approximate surface area is 161 Å². The van der Waals surface area contributed by atoms with E-state index in [-0.39, 0.29) is 17.6 Å². The van der Waals surface area contributed by atoms with Gasteiger partial charge in [-0.25, -0.2) is 0 Å². The molecule has 152 valence electrons. The predicted octanol–water partition coefficient (Wildman–Crippen LogP) is 2.22. The smallest absolute Gasteiger partial charge is 0.135 e. The lowest BCUT2D eigenvalue weighted by atomic mass is 10.0. The molecule has 5 aliphatic rings. The molecular weight excluding hydrogens is 348 g/mol. The minimum absolute atomic E-state index is 0.277. The van der Waals surface area contributed by atoms with E-state index >= 15 is 0 Å². The van der Waals surface area contributed by atoms with Gasteiger partial charge in [0.25, 0.3) is 0 Å². The summed E-state index contributed by atoms with van der Waals surface area (Å²) in [7, 11) is 0. The van der Waals surface area contributed by atoms with Crippen LogP contribution in [-0.2, 0) is 28.6 Å². The number of hydrogen-bond acceptors (Lipinski definition) is 6. The molecule has 5 rings (SSSR count). The van der Waals surface area contributed by atoms with Gasteiger partial charge < -0.3 is 19.0 Å². The van der Waals surface area contributed by atoms with Gasteiger partial charge in [0.15, 0.2) is 0 Å². The Morgan fingerprint density at radius 1 is 0.778 bits per heavy atom. The van der Waals surface area contributed by atoms with Crippen LogP contribution < -0.4 is 0 Å². The third-order valence-electron chi connectivity index (χ3n) is 6.25. The van der Waals surface area contributed by atoms with Gasteiger partial charge in [0.05, 0.1) is 12.2 Å². The van der Waals surface area contributed by atoms with E-state index in [0.717, 1.165) is 45.7 Å². The maximum absolute atomic E-state index is 10.7. The maximum atomic E-state index is 10.7. The molecule has 6 heteroatoms. The number of rotatable bonds is 4. The lowest BCUT2D eigenvalue weighted by Gasteiger charge is -2.00. The largest absolute Gasteiger partial charge is 0.381 e. The van der Waals surface area contributed by atoms with Gasteiger partial charge in [-0.15, -0.1) is 0 Å². The molecule has 0 N–H and O–H groups in total. The third kappa shape index (κ3) is 5.24. The van der Waals surface area contributed by atoms with Gasteiger partial charge in [-0.05, 0) is 46.0 Å². The number of carbonyl (C=O) groups is 3. The van der Waals surface area contributed by atoms with Gasteiger partial charge in [-0.3, -0.25) is 9.59 Å². The van der Waals surface area contributed by atoms with E-state index in [4.69, 9.17) is 14.2 Å². The van der Waals surface area contributed by atoms with Gasteiger partial charge in [0.2, 0.25) is 0 Å². The van der Waals surface area contributed by atoms with Crippen molar-refractivity contribution >= 4 is 17.3 Å². The summed E-state index contributed by atoms with van der Waals surface area (Å²) in [6.07, 6.45) is 4.63. The first kappa shape index (κ1) is 20.6. The van der Waals surface area contributed by atoms with E-state index in [9.17, 15) is 14.4 Å². The van der Waals surface area contributed by atoms with Crippen LogP contribution in [-0.4, -0.2) is 56.0 Å². The first-order chi connectivity index (χ1) is 12.9. The van der Waals surface area contributed by atoms with Crippen LogP contribution in [0.3, 0.4) is 0 Å². The first-order valence-corrected chi connectivity index (χ1v) is 10.2. The zero-order chi connectivity index (χ0) is 19.6. The summed E-state index contributed by atoms with van der Waals surface area (Å²) in [5.74, 6) is 3.17. The Morgan fingerprint density at radius 2 is 1.30 bits per heavy atom. The second kappa shape index (κ2) is 8.93. The minimum atomic E-state index is 0.277. The standard InChI is InChI=1S/2C7H10O2.C7H12O2/c2*1-4(8)6-5-2-3-9-7(5)6;1-6(8)4-7-2-3-9-5-7/h2*5-7H,2-3H2,1H3;7H,2-5H2,1H3. The molecule has 0 aromatic heterocycles. The van der Waals surface area contributed by atoms with Crippen LogP contribution in [0.25, 0.3) is 0 Å². The van der Waals surface area contributed by atoms with Crippen molar-refractivity contribution in [1.29, 1.82) is 0 Å². The molecule has 6 nitrogen and oxygen atoms in total. The highest BCUT2D eigenvalue weighted by Gasteiger charge is 2.57. The third-order valence-corrected chi connectivity index (χ3v) is 6.25. The van der Waals surface area contributed by atoms with Crippen LogP contribution >= 0.6 is 0 Å². The molecule has 0 radical (unpaired) electrons. The molecule has 0 bridgehead atoms. The summed E-state index contributed by atoms with van der Waals surface area (Å²) in [6, 6.07) is 0. The Bertz CT molecular complexity index is 506. The molecule has 3 saturated heterocycles. The topological polar surface area (TPSA) is 78.9 Å². The van der Waals surface area contributed by atoms with Crippen molar-refractivity contribution in [2.75, 3.05) is 26.4 Å². The molecule has 7 atom stereocenters. The van der Waals surface area contributed by atoms with Crippen LogP contribution in [0.4, 0.5) is 0 Å². The van der Waals surface area contributed by atoms with Gasteiger partial charge in [-0.2, -0.15) is 0 Å². The normalized spacial score (nSPS) is 39.9. The van der Waals surface area contributed by atoms with E-state index < -0.39 is 0 Å². The summed E-state index contributed by atoms with van der Waals surface area (Å²) < 4.78 is 15.7. The number of ketones is 3. The van der Waals surface area contributed by atoms with Gasteiger partial charge in [0, 0.05) is 56.5 Å². The molecule has 7 unspecified atom stereocenters. The first-order valence-electron chi connectivity index (χ1n) is 10.2. The van der Waals surface area contributed by atoms with Crippen LogP contribution in [0.2, 0.25) is 0 Å². The number of ether oxygens (including phenoxy) is 3. The lowest BCUT2D eigenvalue weighted by Crippen LogP contribution is -2.04. The fraction of sp³-hybridized carbons (Fsp3) is 0.857. The van der Waals surface area contributed by atoms with Crippen LogP contribution in [0.1, 0.15) is 46.5 Å². The van der Waals surface area contributed by atoms with Gasteiger partial charge in [0.1, 0.15) is 17.3 Å². The van der Waals surface area contributed by atoms with Gasteiger partial charge in [-0.1, -0.05) is 0 Å². The quantitative estimate of drug-likeness (QED) is 0.744. The fourth-order valence-corrected chi connectivity index (χ4v) is 4.72. The van der Waals surface area contributed by atoms with E-state index in [1.54, 1.807) is 20.8 Å². The summed E-state index contributed by atoms with van der Waals surface area (Å²) in [5.41, 5.74) is 0. The zero-order valence-corrected chi connectivity index (χ0v) is 16.6. The highest BCUT2D eigenvalue weighted by Crippen LogP contribution is 2.49. The van der Waals surface area contributed by atoms with E-state index in [2.05, 4.69) is 0 Å². The molecule has 2 saturated carbocycles. The van der Waals surface area contributed by atoms with E-state index in [0.29, 0.717) is 47.9 Å². The summed E-state index contributed by atoms with van der Waals surface area (Å²) >= 11 is 0. The van der Waals surface area contributed by atoms with E-state index in [1.165, 1.54) is 0 Å². The molecule has 2 aliphatic carbocycles. The Balaban J connectivity index is 0.000000117. The Kier molecular flexibility index (Phi) is 6.82. The van der Waals surface area contributed by atoms with Crippen molar-refractivity contribution in [2.45, 2.75) is 58.7 Å². The predicted molar refractivity (Wildman–Crippen MR) is 98.3 cm³/mol.